The van der Waals surface area contributed by atoms with E-state index in [1.54, 1.807) is 19.1 Å². The second kappa shape index (κ2) is 8.92. The van der Waals surface area contributed by atoms with Crippen LogP contribution in [0, 0.1) is 6.92 Å². The van der Waals surface area contributed by atoms with E-state index in [4.69, 9.17) is 21.1 Å². The number of sulfonamides is 1. The fourth-order valence-corrected chi connectivity index (χ4v) is 5.25. The lowest BCUT2D eigenvalue weighted by Crippen LogP contribution is -2.40. The fraction of sp³-hybridized carbons (Fsp3) is 0.273. The first-order valence-corrected chi connectivity index (χ1v) is 11.6. The predicted octanol–water partition coefficient (Wildman–Crippen LogP) is 3.57. The standard InChI is InChI=1S/C22H21ClN2O5S/c1-15-6-7-17(13-20(15)31(27,28)25-8-10-29-11-9-25)22(26)30-14-18-12-16-4-2-3-5-19(16)24-21(18)23/h2-7,12-13H,8-11,14H2,1H3. The van der Waals surface area contributed by atoms with Gasteiger partial charge in [-0.2, -0.15) is 4.31 Å². The van der Waals surface area contributed by atoms with Crippen LogP contribution in [0.3, 0.4) is 0 Å². The zero-order valence-electron chi connectivity index (χ0n) is 16.9. The zero-order valence-corrected chi connectivity index (χ0v) is 18.4. The summed E-state index contributed by atoms with van der Waals surface area (Å²) in [6.07, 6.45) is 0. The molecule has 31 heavy (non-hydrogen) atoms. The Kier molecular flexibility index (Phi) is 6.24. The number of fused-ring (bicyclic) bond motifs is 1. The predicted molar refractivity (Wildman–Crippen MR) is 117 cm³/mol. The zero-order chi connectivity index (χ0) is 22.0. The van der Waals surface area contributed by atoms with Crippen molar-refractivity contribution >= 4 is 38.5 Å². The number of aryl methyl sites for hydroxylation is 1. The summed E-state index contributed by atoms with van der Waals surface area (Å²) in [5.74, 6) is -0.636. The molecule has 1 saturated heterocycles. The molecule has 1 aliphatic heterocycles. The maximum atomic E-state index is 13.0. The summed E-state index contributed by atoms with van der Waals surface area (Å²) in [5, 5.41) is 1.14. The monoisotopic (exact) mass is 460 g/mol. The van der Waals surface area contributed by atoms with Gasteiger partial charge in [-0.15, -0.1) is 0 Å². The molecule has 2 heterocycles. The van der Waals surface area contributed by atoms with Crippen LogP contribution in [0.25, 0.3) is 10.9 Å². The Hall–Kier alpha value is -2.52. The number of hydrogen-bond acceptors (Lipinski definition) is 6. The lowest BCUT2D eigenvalue weighted by molar-refractivity contribution is 0.0472. The Morgan fingerprint density at radius 3 is 2.68 bits per heavy atom. The van der Waals surface area contributed by atoms with E-state index in [9.17, 15) is 13.2 Å². The quantitative estimate of drug-likeness (QED) is 0.427. The van der Waals surface area contributed by atoms with Crippen molar-refractivity contribution in [2.75, 3.05) is 26.3 Å². The molecule has 1 aliphatic rings. The molecule has 1 fully saturated rings. The molecular weight excluding hydrogens is 440 g/mol. The van der Waals surface area contributed by atoms with Gasteiger partial charge >= 0.3 is 5.97 Å². The maximum Gasteiger partial charge on any atom is 0.338 e. The number of pyridine rings is 1. The topological polar surface area (TPSA) is 85.8 Å². The van der Waals surface area contributed by atoms with Crippen LogP contribution in [0.15, 0.2) is 53.4 Å². The molecule has 0 N–H and O–H groups in total. The van der Waals surface area contributed by atoms with Gasteiger partial charge in [0.2, 0.25) is 10.0 Å². The molecule has 0 radical (unpaired) electrons. The summed E-state index contributed by atoms with van der Waals surface area (Å²) in [5.41, 5.74) is 2.04. The molecule has 0 spiro atoms. The van der Waals surface area contributed by atoms with Crippen molar-refractivity contribution in [3.8, 4) is 0 Å². The van der Waals surface area contributed by atoms with Crippen molar-refractivity contribution in [3.63, 3.8) is 0 Å². The number of ether oxygens (including phenoxy) is 2. The van der Waals surface area contributed by atoms with Gasteiger partial charge in [-0.3, -0.25) is 0 Å². The van der Waals surface area contributed by atoms with E-state index in [0.29, 0.717) is 24.3 Å². The molecule has 0 amide bonds. The van der Waals surface area contributed by atoms with Crippen LogP contribution < -0.4 is 0 Å². The van der Waals surface area contributed by atoms with Crippen molar-refractivity contribution in [2.24, 2.45) is 0 Å². The number of benzene rings is 2. The Morgan fingerprint density at radius 1 is 1.16 bits per heavy atom. The van der Waals surface area contributed by atoms with Crippen molar-refractivity contribution < 1.29 is 22.7 Å². The highest BCUT2D eigenvalue weighted by molar-refractivity contribution is 7.89. The van der Waals surface area contributed by atoms with Crippen molar-refractivity contribution in [1.29, 1.82) is 0 Å². The van der Waals surface area contributed by atoms with E-state index in [-0.39, 0.29) is 35.3 Å². The number of carbonyl (C=O) groups excluding carboxylic acids is 1. The number of esters is 1. The molecule has 0 bridgehead atoms. The van der Waals surface area contributed by atoms with Crippen LogP contribution in [-0.4, -0.2) is 50.0 Å². The minimum absolute atomic E-state index is 0.0745. The third-order valence-corrected chi connectivity index (χ3v) is 7.49. The van der Waals surface area contributed by atoms with Crippen LogP contribution in [0.4, 0.5) is 0 Å². The molecule has 4 rings (SSSR count). The van der Waals surface area contributed by atoms with Gasteiger partial charge in [0.15, 0.2) is 0 Å². The average Bonchev–Trinajstić information content (AvgIpc) is 2.78. The summed E-state index contributed by atoms with van der Waals surface area (Å²) in [4.78, 5) is 17.1. The van der Waals surface area contributed by atoms with Gasteiger partial charge < -0.3 is 9.47 Å². The number of para-hydroxylation sites is 1. The van der Waals surface area contributed by atoms with E-state index in [1.165, 1.54) is 10.4 Å². The minimum atomic E-state index is -3.73. The number of nitrogens with zero attached hydrogens (tertiary/aromatic N) is 2. The Morgan fingerprint density at radius 2 is 1.90 bits per heavy atom. The minimum Gasteiger partial charge on any atom is -0.457 e. The Bertz CT molecular complexity index is 1240. The third-order valence-electron chi connectivity index (χ3n) is 5.12. The van der Waals surface area contributed by atoms with Crippen LogP contribution >= 0.6 is 11.6 Å². The average molecular weight is 461 g/mol. The van der Waals surface area contributed by atoms with E-state index in [1.807, 2.05) is 30.3 Å². The van der Waals surface area contributed by atoms with Gasteiger partial charge in [0.25, 0.3) is 0 Å². The van der Waals surface area contributed by atoms with E-state index in [2.05, 4.69) is 4.98 Å². The van der Waals surface area contributed by atoms with Gasteiger partial charge in [0, 0.05) is 24.0 Å². The lowest BCUT2D eigenvalue weighted by Gasteiger charge is -2.26. The smallest absolute Gasteiger partial charge is 0.338 e. The normalized spacial score (nSPS) is 15.2. The number of hydrogen-bond donors (Lipinski definition) is 0. The summed E-state index contributed by atoms with van der Waals surface area (Å²) < 4.78 is 38.1. The maximum absolute atomic E-state index is 13.0. The number of aromatic nitrogens is 1. The van der Waals surface area contributed by atoms with Crippen LogP contribution in [0.1, 0.15) is 21.5 Å². The van der Waals surface area contributed by atoms with Gasteiger partial charge in [0.05, 0.1) is 29.2 Å². The largest absolute Gasteiger partial charge is 0.457 e. The number of carbonyl (C=O) groups is 1. The molecule has 1 aromatic heterocycles. The second-order valence-corrected chi connectivity index (χ2v) is 9.47. The number of halogens is 1. The molecule has 0 saturated carbocycles. The van der Waals surface area contributed by atoms with Gasteiger partial charge in [0.1, 0.15) is 11.8 Å². The van der Waals surface area contributed by atoms with Crippen molar-refractivity contribution in [3.05, 3.63) is 70.4 Å². The Labute approximate surface area is 185 Å². The SMILES string of the molecule is Cc1ccc(C(=O)OCc2cc3ccccc3nc2Cl)cc1S(=O)(=O)N1CCOCC1. The first-order valence-electron chi connectivity index (χ1n) is 9.76. The molecule has 0 atom stereocenters. The molecule has 3 aromatic rings. The summed E-state index contributed by atoms with van der Waals surface area (Å²) >= 11 is 6.23. The summed E-state index contributed by atoms with van der Waals surface area (Å²) in [6.45, 7) is 2.88. The highest BCUT2D eigenvalue weighted by Gasteiger charge is 2.28. The lowest BCUT2D eigenvalue weighted by atomic mass is 10.1. The van der Waals surface area contributed by atoms with Gasteiger partial charge in [-0.05, 0) is 36.8 Å². The van der Waals surface area contributed by atoms with Gasteiger partial charge in [-0.25, -0.2) is 18.2 Å². The van der Waals surface area contributed by atoms with E-state index in [0.717, 1.165) is 10.9 Å². The molecule has 2 aromatic carbocycles. The summed E-state index contributed by atoms with van der Waals surface area (Å²) in [6, 6.07) is 13.8. The fourth-order valence-electron chi connectivity index (χ4n) is 3.40. The molecule has 7 nitrogen and oxygen atoms in total. The van der Waals surface area contributed by atoms with Crippen LogP contribution in [0.5, 0.6) is 0 Å². The van der Waals surface area contributed by atoms with E-state index >= 15 is 0 Å². The second-order valence-electron chi connectivity index (χ2n) is 7.20. The molecule has 0 unspecified atom stereocenters. The summed E-state index contributed by atoms with van der Waals surface area (Å²) in [7, 11) is -3.73. The first-order chi connectivity index (χ1) is 14.9. The highest BCUT2D eigenvalue weighted by atomic mass is 35.5. The first kappa shape index (κ1) is 21.7. The third kappa shape index (κ3) is 4.57. The number of rotatable bonds is 5. The van der Waals surface area contributed by atoms with Gasteiger partial charge in [-0.1, -0.05) is 35.9 Å². The van der Waals surface area contributed by atoms with Crippen molar-refractivity contribution in [1.82, 2.24) is 9.29 Å². The highest BCUT2D eigenvalue weighted by Crippen LogP contribution is 2.24. The molecule has 9 heteroatoms. The van der Waals surface area contributed by atoms with Crippen LogP contribution in [0.2, 0.25) is 5.15 Å². The number of morpholine rings is 1. The van der Waals surface area contributed by atoms with Crippen molar-refractivity contribution in [2.45, 2.75) is 18.4 Å². The molecule has 162 valence electrons. The van der Waals surface area contributed by atoms with Crippen LogP contribution in [-0.2, 0) is 26.1 Å². The molecular formula is C22H21ClN2O5S. The van der Waals surface area contributed by atoms with E-state index < -0.39 is 16.0 Å². The molecule has 0 aliphatic carbocycles. The Balaban J connectivity index is 1.54.